The number of carbonyl (C=O) groups is 1. The zero-order valence-corrected chi connectivity index (χ0v) is 24.8. The summed E-state index contributed by atoms with van der Waals surface area (Å²) in [6, 6.07) is 24.0. The average Bonchev–Trinajstić information content (AvgIpc) is 3.43. The first-order valence-corrected chi connectivity index (χ1v) is 14.1. The van der Waals surface area contributed by atoms with Gasteiger partial charge in [0.1, 0.15) is 12.2 Å². The van der Waals surface area contributed by atoms with Crippen LogP contribution in [-0.2, 0) is 6.61 Å². The van der Waals surface area contributed by atoms with E-state index in [1.807, 2.05) is 18.2 Å². The molecular formula is C32H21BrClN3O6. The van der Waals surface area contributed by atoms with Crippen molar-refractivity contribution in [3.63, 3.8) is 0 Å². The molecule has 0 unspecified atom stereocenters. The standard InChI is InChI=1S/C32H21BrClN3O6/c1-41-27-15-23(34)13-21(29(27)42-17-18-6-8-19(9-7-18)32(39)40)16-35-37-30(36-25-5-3-2-4-24(25)31(37)38)28-14-20-12-22(33)10-11-26(20)43-28/h2-16H,17H2,1H3,(H,39,40). The second-order valence-electron chi connectivity index (χ2n) is 9.42. The predicted molar refractivity (Wildman–Crippen MR) is 168 cm³/mol. The van der Waals surface area contributed by atoms with Crippen molar-refractivity contribution in [3.8, 4) is 23.1 Å². The van der Waals surface area contributed by atoms with E-state index < -0.39 is 11.5 Å². The summed E-state index contributed by atoms with van der Waals surface area (Å²) >= 11 is 9.86. The summed E-state index contributed by atoms with van der Waals surface area (Å²) in [6.45, 7) is 0.107. The largest absolute Gasteiger partial charge is 0.493 e. The maximum atomic E-state index is 13.7. The van der Waals surface area contributed by atoms with E-state index in [2.05, 4.69) is 21.0 Å². The second-order valence-corrected chi connectivity index (χ2v) is 10.8. The Morgan fingerprint density at radius 2 is 1.88 bits per heavy atom. The van der Waals surface area contributed by atoms with Crippen LogP contribution in [0.5, 0.6) is 11.5 Å². The lowest BCUT2D eigenvalue weighted by Crippen LogP contribution is -2.20. The van der Waals surface area contributed by atoms with Gasteiger partial charge in [-0.1, -0.05) is 51.8 Å². The first-order chi connectivity index (χ1) is 20.8. The molecule has 11 heteroatoms. The maximum Gasteiger partial charge on any atom is 0.335 e. The van der Waals surface area contributed by atoms with Crippen LogP contribution in [0.25, 0.3) is 33.5 Å². The molecule has 1 N–H and O–H groups in total. The normalized spacial score (nSPS) is 11.4. The Morgan fingerprint density at radius 3 is 2.65 bits per heavy atom. The number of carboxylic acids is 1. The van der Waals surface area contributed by atoms with Crippen LogP contribution in [0.15, 0.2) is 104 Å². The lowest BCUT2D eigenvalue weighted by Gasteiger charge is -2.14. The summed E-state index contributed by atoms with van der Waals surface area (Å²) < 4.78 is 19.8. The molecule has 0 aliphatic rings. The lowest BCUT2D eigenvalue weighted by atomic mass is 10.1. The summed E-state index contributed by atoms with van der Waals surface area (Å²) in [4.78, 5) is 29.6. The molecule has 0 fully saturated rings. The number of rotatable bonds is 8. The van der Waals surface area contributed by atoms with E-state index in [0.717, 1.165) is 15.4 Å². The fourth-order valence-electron chi connectivity index (χ4n) is 4.52. The SMILES string of the molecule is COc1cc(Cl)cc(C=Nn2c(-c3cc4cc(Br)ccc4o3)nc3ccccc3c2=O)c1OCc1ccc(C(=O)O)cc1. The van der Waals surface area contributed by atoms with Gasteiger partial charge in [0.2, 0.25) is 5.82 Å². The molecule has 214 valence electrons. The van der Waals surface area contributed by atoms with Crippen LogP contribution < -0.4 is 15.0 Å². The van der Waals surface area contributed by atoms with Gasteiger partial charge in [-0.25, -0.2) is 9.78 Å². The fourth-order valence-corrected chi connectivity index (χ4v) is 5.12. The van der Waals surface area contributed by atoms with Crippen LogP contribution in [0.2, 0.25) is 5.02 Å². The summed E-state index contributed by atoms with van der Waals surface area (Å²) in [5, 5.41) is 15.3. The topological polar surface area (TPSA) is 116 Å². The first-order valence-electron chi connectivity index (χ1n) is 12.9. The van der Waals surface area contributed by atoms with Crippen molar-refractivity contribution in [1.82, 2.24) is 9.66 Å². The van der Waals surface area contributed by atoms with Crippen molar-refractivity contribution in [2.75, 3.05) is 7.11 Å². The maximum absolute atomic E-state index is 13.7. The molecule has 6 aromatic rings. The molecule has 0 bridgehead atoms. The highest BCUT2D eigenvalue weighted by molar-refractivity contribution is 9.10. The molecular weight excluding hydrogens is 638 g/mol. The highest BCUT2D eigenvalue weighted by Gasteiger charge is 2.18. The number of para-hydroxylation sites is 1. The van der Waals surface area contributed by atoms with Gasteiger partial charge in [0, 0.05) is 26.5 Å². The molecule has 9 nitrogen and oxygen atoms in total. The average molecular weight is 659 g/mol. The van der Waals surface area contributed by atoms with E-state index in [1.54, 1.807) is 54.6 Å². The van der Waals surface area contributed by atoms with E-state index >= 15 is 0 Å². The second kappa shape index (κ2) is 11.7. The summed E-state index contributed by atoms with van der Waals surface area (Å²) in [6.07, 6.45) is 1.44. The van der Waals surface area contributed by atoms with Gasteiger partial charge in [0.05, 0.1) is 29.8 Å². The van der Waals surface area contributed by atoms with Crippen LogP contribution in [0.1, 0.15) is 21.5 Å². The Kier molecular flexibility index (Phi) is 7.71. The number of furan rings is 1. The van der Waals surface area contributed by atoms with E-state index in [1.165, 1.54) is 30.1 Å². The van der Waals surface area contributed by atoms with Crippen molar-refractivity contribution < 1.29 is 23.8 Å². The summed E-state index contributed by atoms with van der Waals surface area (Å²) in [7, 11) is 1.48. The van der Waals surface area contributed by atoms with E-state index in [-0.39, 0.29) is 18.0 Å². The summed E-state index contributed by atoms with van der Waals surface area (Å²) in [5.74, 6) is 0.233. The quantitative estimate of drug-likeness (QED) is 0.170. The van der Waals surface area contributed by atoms with Gasteiger partial charge >= 0.3 is 5.97 Å². The molecule has 0 saturated heterocycles. The van der Waals surface area contributed by atoms with Crippen LogP contribution in [0.4, 0.5) is 0 Å². The van der Waals surface area contributed by atoms with Crippen LogP contribution >= 0.6 is 27.5 Å². The van der Waals surface area contributed by atoms with Gasteiger partial charge in [-0.15, -0.1) is 0 Å². The minimum Gasteiger partial charge on any atom is -0.493 e. The molecule has 4 aromatic carbocycles. The van der Waals surface area contributed by atoms with Crippen molar-refractivity contribution in [2.45, 2.75) is 6.61 Å². The Morgan fingerprint density at radius 1 is 1.09 bits per heavy atom. The number of aromatic nitrogens is 2. The van der Waals surface area contributed by atoms with Crippen LogP contribution in [0.3, 0.4) is 0 Å². The number of hydrogen-bond donors (Lipinski definition) is 1. The highest BCUT2D eigenvalue weighted by atomic mass is 79.9. The molecule has 0 spiro atoms. The molecule has 0 saturated carbocycles. The number of ether oxygens (including phenoxy) is 2. The Bertz CT molecular complexity index is 2100. The number of halogens is 2. The number of aromatic carboxylic acids is 1. The summed E-state index contributed by atoms with van der Waals surface area (Å²) in [5.41, 5.74) is 2.07. The third kappa shape index (κ3) is 5.75. The zero-order chi connectivity index (χ0) is 30.1. The third-order valence-corrected chi connectivity index (χ3v) is 7.33. The number of fused-ring (bicyclic) bond motifs is 2. The molecule has 0 atom stereocenters. The highest BCUT2D eigenvalue weighted by Crippen LogP contribution is 2.35. The number of hydrogen-bond acceptors (Lipinski definition) is 7. The predicted octanol–water partition coefficient (Wildman–Crippen LogP) is 7.39. The van der Waals surface area contributed by atoms with Gasteiger partial charge in [-0.2, -0.15) is 9.78 Å². The Hall–Kier alpha value is -4.93. The lowest BCUT2D eigenvalue weighted by molar-refractivity contribution is 0.0697. The van der Waals surface area contributed by atoms with Crippen molar-refractivity contribution in [2.24, 2.45) is 5.10 Å². The molecule has 0 aliphatic carbocycles. The van der Waals surface area contributed by atoms with E-state index in [0.29, 0.717) is 44.3 Å². The number of benzene rings is 4. The van der Waals surface area contributed by atoms with Gasteiger partial charge in [-0.3, -0.25) is 4.79 Å². The van der Waals surface area contributed by atoms with E-state index in [9.17, 15) is 14.7 Å². The van der Waals surface area contributed by atoms with Gasteiger partial charge in [-0.05, 0) is 60.2 Å². The van der Waals surface area contributed by atoms with Crippen molar-refractivity contribution in [3.05, 3.63) is 121 Å². The molecule has 0 amide bonds. The number of carboxylic acid groups (broad SMARTS) is 1. The molecule has 2 heterocycles. The number of nitrogens with zero attached hydrogens (tertiary/aromatic N) is 3. The smallest absolute Gasteiger partial charge is 0.335 e. The monoisotopic (exact) mass is 657 g/mol. The molecule has 6 rings (SSSR count). The first kappa shape index (κ1) is 28.2. The molecule has 43 heavy (non-hydrogen) atoms. The van der Waals surface area contributed by atoms with Crippen LogP contribution in [-0.4, -0.2) is 34.1 Å². The third-order valence-electron chi connectivity index (χ3n) is 6.62. The minimum absolute atomic E-state index is 0.107. The van der Waals surface area contributed by atoms with Crippen molar-refractivity contribution in [1.29, 1.82) is 0 Å². The van der Waals surface area contributed by atoms with Crippen molar-refractivity contribution >= 4 is 61.6 Å². The van der Waals surface area contributed by atoms with Crippen LogP contribution in [0, 0.1) is 0 Å². The molecule has 2 aromatic heterocycles. The van der Waals surface area contributed by atoms with Gasteiger partial charge in [0.15, 0.2) is 17.3 Å². The van der Waals surface area contributed by atoms with Gasteiger partial charge < -0.3 is 19.0 Å². The van der Waals surface area contributed by atoms with Gasteiger partial charge in [0.25, 0.3) is 5.56 Å². The fraction of sp³-hybridized carbons (Fsp3) is 0.0625. The Labute approximate surface area is 257 Å². The minimum atomic E-state index is -1.02. The molecule has 0 aliphatic heterocycles. The Balaban J connectivity index is 1.44. The molecule has 0 radical (unpaired) electrons. The number of methoxy groups -OCH3 is 1. The van der Waals surface area contributed by atoms with E-state index in [4.69, 9.17) is 30.5 Å². The zero-order valence-electron chi connectivity index (χ0n) is 22.5.